The first kappa shape index (κ1) is 17.9. The van der Waals surface area contributed by atoms with Gasteiger partial charge in [-0.05, 0) is 26.3 Å². The highest BCUT2D eigenvalue weighted by Crippen LogP contribution is 2.17. The minimum Gasteiger partial charge on any atom is -0.459 e. The van der Waals surface area contributed by atoms with Crippen molar-refractivity contribution in [1.29, 1.82) is 0 Å². The highest BCUT2D eigenvalue weighted by Gasteiger charge is 2.46. The van der Waals surface area contributed by atoms with Crippen LogP contribution in [-0.4, -0.2) is 27.5 Å². The fourth-order valence-electron chi connectivity index (χ4n) is 1.41. The lowest BCUT2D eigenvalue weighted by molar-refractivity contribution is -0.170. The number of rotatable bonds is 5. The first-order valence-electron chi connectivity index (χ1n) is 6.48. The Bertz CT molecular complexity index is 498. The van der Waals surface area contributed by atoms with Gasteiger partial charge in [0.15, 0.2) is 0 Å². The number of alkyl halides is 1. The molecule has 0 fully saturated rings. The molecular weight excluding hydrogens is 385 g/mol. The number of carbonyl (C=O) groups excluding carboxylic acids is 2. The van der Waals surface area contributed by atoms with Crippen molar-refractivity contribution >= 4 is 34.5 Å². The Labute approximate surface area is 138 Å². The largest absolute Gasteiger partial charge is 0.459 e. The van der Waals surface area contributed by atoms with Crippen molar-refractivity contribution in [3.8, 4) is 0 Å². The van der Waals surface area contributed by atoms with Crippen LogP contribution in [0.3, 0.4) is 0 Å². The Morgan fingerprint density at radius 2 is 1.71 bits per heavy atom. The molecule has 1 atom stereocenters. The molecule has 5 nitrogen and oxygen atoms in total. The second-order valence-electron chi connectivity index (χ2n) is 5.67. The quantitative estimate of drug-likeness (QED) is 0.352. The maximum Gasteiger partial charge on any atom is 0.339 e. The van der Waals surface area contributed by atoms with Gasteiger partial charge in [0.25, 0.3) is 0 Å². The van der Waals surface area contributed by atoms with Gasteiger partial charge in [0.1, 0.15) is 12.2 Å². The number of benzene rings is 1. The smallest absolute Gasteiger partial charge is 0.339 e. The average Bonchev–Trinajstić information content (AvgIpc) is 2.43. The highest BCUT2D eigenvalue weighted by molar-refractivity contribution is 14.1. The van der Waals surface area contributed by atoms with Crippen molar-refractivity contribution in [1.82, 2.24) is 0 Å². The molecule has 0 aliphatic heterocycles. The van der Waals surface area contributed by atoms with Gasteiger partial charge < -0.3 is 15.2 Å². The maximum absolute atomic E-state index is 12.1. The summed E-state index contributed by atoms with van der Waals surface area (Å²) in [5, 5.41) is 0. The highest BCUT2D eigenvalue weighted by atomic mass is 127. The van der Waals surface area contributed by atoms with Crippen molar-refractivity contribution in [2.45, 2.75) is 38.5 Å². The van der Waals surface area contributed by atoms with Gasteiger partial charge in [0.05, 0.1) is 0 Å². The minimum atomic E-state index is -1.79. The van der Waals surface area contributed by atoms with Gasteiger partial charge in [-0.2, -0.15) is 0 Å². The van der Waals surface area contributed by atoms with Crippen molar-refractivity contribution in [2.24, 2.45) is 5.73 Å². The fourth-order valence-corrected chi connectivity index (χ4v) is 2.04. The molecule has 6 heteroatoms. The third-order valence-corrected chi connectivity index (χ3v) is 3.75. The zero-order valence-electron chi connectivity index (χ0n) is 12.4. The van der Waals surface area contributed by atoms with E-state index in [4.69, 9.17) is 15.2 Å². The van der Waals surface area contributed by atoms with Crippen molar-refractivity contribution in [2.75, 3.05) is 4.43 Å². The van der Waals surface area contributed by atoms with E-state index in [1.54, 1.807) is 20.8 Å². The zero-order chi connectivity index (χ0) is 16.1. The van der Waals surface area contributed by atoms with Crippen LogP contribution in [-0.2, 0) is 25.7 Å². The Balaban J connectivity index is 2.73. The molecule has 2 N–H and O–H groups in total. The molecule has 0 bridgehead atoms. The van der Waals surface area contributed by atoms with Crippen molar-refractivity contribution in [3.05, 3.63) is 35.9 Å². The summed E-state index contributed by atoms with van der Waals surface area (Å²) in [6.07, 6.45) is 0. The molecule has 0 aliphatic carbocycles. The van der Waals surface area contributed by atoms with E-state index in [1.807, 2.05) is 52.9 Å². The number of esters is 2. The van der Waals surface area contributed by atoms with Crippen molar-refractivity contribution < 1.29 is 19.1 Å². The summed E-state index contributed by atoms with van der Waals surface area (Å²) in [4.78, 5) is 24.3. The van der Waals surface area contributed by atoms with Gasteiger partial charge in [-0.1, -0.05) is 52.9 Å². The molecule has 0 saturated heterocycles. The SMILES string of the molecule is CC(C)(C)OC(=O)[C@@](N)(CI)C(=O)OCc1ccccc1. The van der Waals surface area contributed by atoms with E-state index < -0.39 is 23.1 Å². The molecule has 116 valence electrons. The third-order valence-electron chi connectivity index (χ3n) is 2.55. The lowest BCUT2D eigenvalue weighted by Crippen LogP contribution is -2.59. The van der Waals surface area contributed by atoms with Crippen LogP contribution >= 0.6 is 22.6 Å². The van der Waals surface area contributed by atoms with Crippen LogP contribution in [0.1, 0.15) is 26.3 Å². The fraction of sp³-hybridized carbons (Fsp3) is 0.467. The molecule has 1 rings (SSSR count). The zero-order valence-corrected chi connectivity index (χ0v) is 14.5. The minimum absolute atomic E-state index is 0.0675. The summed E-state index contributed by atoms with van der Waals surface area (Å²) >= 11 is 1.88. The summed E-state index contributed by atoms with van der Waals surface area (Å²) in [5.74, 6) is -1.56. The Hall–Kier alpha value is -1.15. The number of hydrogen-bond acceptors (Lipinski definition) is 5. The topological polar surface area (TPSA) is 78.6 Å². The normalized spacial score (nSPS) is 14.1. The summed E-state index contributed by atoms with van der Waals surface area (Å²) in [5.41, 5.74) is 4.22. The summed E-state index contributed by atoms with van der Waals surface area (Å²) in [6, 6.07) is 9.19. The van der Waals surface area contributed by atoms with Crippen LogP contribution in [0.5, 0.6) is 0 Å². The molecule has 0 spiro atoms. The number of halogens is 1. The third kappa shape index (κ3) is 5.28. The van der Waals surface area contributed by atoms with Gasteiger partial charge in [0, 0.05) is 4.43 Å². The van der Waals surface area contributed by atoms with E-state index >= 15 is 0 Å². The lowest BCUT2D eigenvalue weighted by Gasteiger charge is -2.28. The molecule has 0 saturated carbocycles. The predicted octanol–water partition coefficient (Wildman–Crippen LogP) is 2.20. The van der Waals surface area contributed by atoms with Crippen LogP contribution < -0.4 is 5.73 Å². The van der Waals surface area contributed by atoms with Gasteiger partial charge >= 0.3 is 11.9 Å². The Kier molecular flexibility index (Phi) is 6.15. The molecule has 1 aromatic carbocycles. The maximum atomic E-state index is 12.1. The summed E-state index contributed by atoms with van der Waals surface area (Å²) in [6.45, 7) is 5.22. The van der Waals surface area contributed by atoms with Crippen LogP contribution in [0.25, 0.3) is 0 Å². The Morgan fingerprint density at radius 1 is 1.14 bits per heavy atom. The molecule has 0 amide bonds. The van der Waals surface area contributed by atoms with Crippen molar-refractivity contribution in [3.63, 3.8) is 0 Å². The van der Waals surface area contributed by atoms with Gasteiger partial charge in [-0.3, -0.25) is 0 Å². The van der Waals surface area contributed by atoms with Crippen LogP contribution in [0.15, 0.2) is 30.3 Å². The first-order chi connectivity index (χ1) is 9.69. The van der Waals surface area contributed by atoms with E-state index in [9.17, 15) is 9.59 Å². The standard InChI is InChI=1S/C15H20INO4/c1-14(2,3)21-13(19)15(17,10-16)12(18)20-9-11-7-5-4-6-8-11/h4-8H,9-10,17H2,1-3H3/t15-/m1/s1. The molecule has 21 heavy (non-hydrogen) atoms. The molecule has 0 unspecified atom stereocenters. The second-order valence-corrected chi connectivity index (χ2v) is 6.43. The van der Waals surface area contributed by atoms with Gasteiger partial charge in [-0.25, -0.2) is 9.59 Å². The number of hydrogen-bond donors (Lipinski definition) is 1. The van der Waals surface area contributed by atoms with E-state index in [1.165, 1.54) is 0 Å². The number of ether oxygens (including phenoxy) is 2. The van der Waals surface area contributed by atoms with E-state index in [0.29, 0.717) is 0 Å². The Morgan fingerprint density at radius 3 is 2.19 bits per heavy atom. The molecule has 0 aliphatic rings. The lowest BCUT2D eigenvalue weighted by atomic mass is 10.0. The van der Waals surface area contributed by atoms with Gasteiger partial charge in [-0.15, -0.1) is 0 Å². The predicted molar refractivity (Wildman–Crippen MR) is 87.9 cm³/mol. The van der Waals surface area contributed by atoms with Crippen LogP contribution in [0.4, 0.5) is 0 Å². The second kappa shape index (κ2) is 7.22. The van der Waals surface area contributed by atoms with Crippen LogP contribution in [0, 0.1) is 0 Å². The number of carbonyl (C=O) groups is 2. The van der Waals surface area contributed by atoms with Gasteiger partial charge in [0.2, 0.25) is 5.54 Å². The molecule has 0 heterocycles. The molecule has 0 radical (unpaired) electrons. The van der Waals surface area contributed by atoms with E-state index in [-0.39, 0.29) is 11.0 Å². The molecular formula is C15H20INO4. The average molecular weight is 405 g/mol. The van der Waals surface area contributed by atoms with E-state index in [2.05, 4.69) is 0 Å². The molecule has 1 aromatic rings. The van der Waals surface area contributed by atoms with E-state index in [0.717, 1.165) is 5.56 Å². The first-order valence-corrected chi connectivity index (χ1v) is 8.01. The summed E-state index contributed by atoms with van der Waals surface area (Å²) < 4.78 is 10.4. The number of nitrogens with two attached hydrogens (primary N) is 1. The molecule has 0 aromatic heterocycles. The van der Waals surface area contributed by atoms with Crippen LogP contribution in [0.2, 0.25) is 0 Å². The monoisotopic (exact) mass is 405 g/mol. The summed E-state index contributed by atoms with van der Waals surface area (Å²) in [7, 11) is 0.